The van der Waals surface area contributed by atoms with Crippen LogP contribution in [0.5, 0.6) is 0 Å². The summed E-state index contributed by atoms with van der Waals surface area (Å²) >= 11 is 0. The van der Waals surface area contributed by atoms with Crippen molar-refractivity contribution in [1.82, 2.24) is 0 Å². The summed E-state index contributed by atoms with van der Waals surface area (Å²) in [6.45, 7) is 0. The van der Waals surface area contributed by atoms with Crippen LogP contribution in [0.25, 0.3) is 0 Å². The minimum atomic E-state index is -4.70. The summed E-state index contributed by atoms with van der Waals surface area (Å²) in [5.41, 5.74) is -3.42. The van der Waals surface area contributed by atoms with Crippen molar-refractivity contribution in [2.75, 3.05) is 0 Å². The van der Waals surface area contributed by atoms with Crippen molar-refractivity contribution in [3.8, 4) is 0 Å². The van der Waals surface area contributed by atoms with Gasteiger partial charge in [0.25, 0.3) is 0 Å². The van der Waals surface area contributed by atoms with Crippen LogP contribution in [0, 0.1) is 6.42 Å². The average molecular weight is 277 g/mol. The van der Waals surface area contributed by atoms with E-state index < -0.39 is 28.7 Å². The molecule has 0 amide bonds. The van der Waals surface area contributed by atoms with Gasteiger partial charge in [-0.1, -0.05) is 42.5 Å². The maximum atomic E-state index is 13.7. The van der Waals surface area contributed by atoms with Crippen LogP contribution in [-0.4, -0.2) is 17.7 Å². The van der Waals surface area contributed by atoms with E-state index in [1.807, 2.05) is 0 Å². The highest BCUT2D eigenvalue weighted by Gasteiger charge is 2.62. The fourth-order valence-corrected chi connectivity index (χ4v) is 2.73. The molecule has 101 valence electrons. The zero-order chi connectivity index (χ0) is 14.5. The molecule has 5 heteroatoms. The molecule has 0 saturated heterocycles. The predicted octanol–water partition coefficient (Wildman–Crippen LogP) is 2.95. The lowest BCUT2D eigenvalue weighted by Crippen LogP contribution is -2.50. The lowest BCUT2D eigenvalue weighted by Gasteiger charge is -2.40. The number of hydrogen-bond donors (Lipinski definition) is 0. The van der Waals surface area contributed by atoms with Crippen molar-refractivity contribution in [3.05, 3.63) is 65.6 Å². The van der Waals surface area contributed by atoms with Crippen LogP contribution in [0.4, 0.5) is 13.2 Å². The highest BCUT2D eigenvalue weighted by molar-refractivity contribution is 6.51. The quantitative estimate of drug-likeness (QED) is 0.683. The number of halogens is 3. The summed E-state index contributed by atoms with van der Waals surface area (Å²) in [5, 5.41) is 0. The molecule has 0 spiro atoms. The van der Waals surface area contributed by atoms with E-state index >= 15 is 0 Å². The van der Waals surface area contributed by atoms with Gasteiger partial charge in [-0.2, -0.15) is 13.2 Å². The monoisotopic (exact) mass is 277 g/mol. The van der Waals surface area contributed by atoms with E-state index in [0.717, 1.165) is 12.2 Å². The molecular weight excluding hydrogens is 269 g/mol. The molecule has 20 heavy (non-hydrogen) atoms. The Hall–Kier alpha value is -2.17. The standard InChI is InChI=1S/C15H8F3O2/c16-15(17,18)14-8-4-3-7-11(14)13(20)12(19)9-5-1-2-6-10(9)14/h1-8H. The number of alkyl halides is 3. The first kappa shape index (κ1) is 12.8. The molecule has 1 aromatic rings. The number of benzene rings is 1. The molecule has 1 unspecified atom stereocenters. The molecule has 0 N–H and O–H groups in total. The van der Waals surface area contributed by atoms with E-state index in [1.54, 1.807) is 0 Å². The van der Waals surface area contributed by atoms with Crippen LogP contribution < -0.4 is 0 Å². The highest BCUT2D eigenvalue weighted by Crippen LogP contribution is 2.52. The van der Waals surface area contributed by atoms with Crippen LogP contribution in [0.15, 0.2) is 48.1 Å². The van der Waals surface area contributed by atoms with Gasteiger partial charge in [-0.3, -0.25) is 9.59 Å². The summed E-state index contributed by atoms with van der Waals surface area (Å²) in [6, 6.07) is 5.38. The van der Waals surface area contributed by atoms with E-state index in [0.29, 0.717) is 0 Å². The van der Waals surface area contributed by atoms with E-state index in [4.69, 9.17) is 0 Å². The van der Waals surface area contributed by atoms with Crippen LogP contribution in [0.2, 0.25) is 0 Å². The Morgan fingerprint density at radius 1 is 1.00 bits per heavy atom. The Morgan fingerprint density at radius 2 is 1.70 bits per heavy atom. The highest BCUT2D eigenvalue weighted by atomic mass is 19.4. The van der Waals surface area contributed by atoms with Gasteiger partial charge in [-0.05, 0) is 5.56 Å². The molecule has 2 aliphatic rings. The predicted molar refractivity (Wildman–Crippen MR) is 65.0 cm³/mol. The third-order valence-corrected chi connectivity index (χ3v) is 3.64. The fraction of sp³-hybridized carbons (Fsp3) is 0.133. The second-order valence-electron chi connectivity index (χ2n) is 4.64. The first-order valence-electron chi connectivity index (χ1n) is 5.88. The number of fused-ring (bicyclic) bond motifs is 3. The number of Topliss-reactive ketones (excluding diaryl/α,β-unsaturated/α-hetero) is 2. The number of carbonyl (C=O) groups is 2. The normalized spacial score (nSPS) is 25.1. The van der Waals surface area contributed by atoms with Crippen molar-refractivity contribution >= 4 is 11.6 Å². The van der Waals surface area contributed by atoms with Crippen molar-refractivity contribution < 1.29 is 22.8 Å². The van der Waals surface area contributed by atoms with Crippen LogP contribution >= 0.6 is 0 Å². The third-order valence-electron chi connectivity index (χ3n) is 3.64. The average Bonchev–Trinajstić information content (AvgIpc) is 2.43. The molecule has 0 bridgehead atoms. The molecular formula is C15H8F3O2. The molecule has 0 heterocycles. The first-order chi connectivity index (χ1) is 9.39. The topological polar surface area (TPSA) is 34.1 Å². The second kappa shape index (κ2) is 3.91. The smallest absolute Gasteiger partial charge is 0.285 e. The van der Waals surface area contributed by atoms with Gasteiger partial charge in [0, 0.05) is 17.6 Å². The number of allylic oxidation sites excluding steroid dienone is 4. The molecule has 2 aliphatic carbocycles. The molecule has 1 aromatic carbocycles. The van der Waals surface area contributed by atoms with E-state index in [2.05, 4.69) is 0 Å². The SMILES string of the molecule is O=C1C(=O)c2ccccc2C2(C(F)(F)F)C=C[CH]C=C12. The summed E-state index contributed by atoms with van der Waals surface area (Å²) in [6.07, 6.45) is -0.111. The van der Waals surface area contributed by atoms with E-state index in [-0.39, 0.29) is 11.1 Å². The Balaban J connectivity index is 2.43. The summed E-state index contributed by atoms with van der Waals surface area (Å²) in [4.78, 5) is 23.9. The summed E-state index contributed by atoms with van der Waals surface area (Å²) in [7, 11) is 0. The Kier molecular flexibility index (Phi) is 2.51. The fourth-order valence-electron chi connectivity index (χ4n) is 2.73. The van der Waals surface area contributed by atoms with Gasteiger partial charge >= 0.3 is 6.18 Å². The first-order valence-corrected chi connectivity index (χ1v) is 5.88. The van der Waals surface area contributed by atoms with Gasteiger partial charge in [-0.15, -0.1) is 0 Å². The number of rotatable bonds is 0. The number of carbonyl (C=O) groups excluding carboxylic acids is 2. The van der Waals surface area contributed by atoms with Gasteiger partial charge in [0.05, 0.1) is 0 Å². The Morgan fingerprint density at radius 3 is 2.40 bits per heavy atom. The maximum absolute atomic E-state index is 13.7. The molecule has 0 fully saturated rings. The largest absolute Gasteiger partial charge is 0.405 e. The lowest BCUT2D eigenvalue weighted by atomic mass is 9.63. The van der Waals surface area contributed by atoms with Gasteiger partial charge < -0.3 is 0 Å². The molecule has 2 nitrogen and oxygen atoms in total. The van der Waals surface area contributed by atoms with E-state index in [9.17, 15) is 22.8 Å². The summed E-state index contributed by atoms with van der Waals surface area (Å²) in [5.74, 6) is -1.99. The minimum absolute atomic E-state index is 0.182. The second-order valence-corrected chi connectivity index (χ2v) is 4.64. The van der Waals surface area contributed by atoms with Gasteiger partial charge in [0.15, 0.2) is 0 Å². The molecule has 0 aromatic heterocycles. The van der Waals surface area contributed by atoms with Crippen molar-refractivity contribution in [1.29, 1.82) is 0 Å². The third kappa shape index (κ3) is 1.40. The minimum Gasteiger partial charge on any atom is -0.285 e. The van der Waals surface area contributed by atoms with Crippen molar-refractivity contribution in [2.45, 2.75) is 11.6 Å². The zero-order valence-corrected chi connectivity index (χ0v) is 10.1. The number of hydrogen-bond acceptors (Lipinski definition) is 2. The van der Waals surface area contributed by atoms with E-state index in [1.165, 1.54) is 36.8 Å². The van der Waals surface area contributed by atoms with Gasteiger partial charge in [0.2, 0.25) is 11.6 Å². The zero-order valence-electron chi connectivity index (χ0n) is 10.1. The number of ketones is 2. The summed E-state index contributed by atoms with van der Waals surface area (Å²) < 4.78 is 41.0. The van der Waals surface area contributed by atoms with Crippen molar-refractivity contribution in [2.24, 2.45) is 0 Å². The molecule has 1 radical (unpaired) electrons. The Bertz CT molecular complexity index is 683. The molecule has 0 aliphatic heterocycles. The maximum Gasteiger partial charge on any atom is 0.405 e. The van der Waals surface area contributed by atoms with Gasteiger partial charge in [-0.25, -0.2) is 0 Å². The molecule has 0 saturated carbocycles. The molecule has 3 rings (SSSR count). The lowest BCUT2D eigenvalue weighted by molar-refractivity contribution is -0.168. The van der Waals surface area contributed by atoms with Crippen molar-refractivity contribution in [3.63, 3.8) is 0 Å². The van der Waals surface area contributed by atoms with Gasteiger partial charge in [0.1, 0.15) is 5.41 Å². The molecule has 1 atom stereocenters. The van der Waals surface area contributed by atoms with Crippen LogP contribution in [0.1, 0.15) is 15.9 Å². The van der Waals surface area contributed by atoms with Crippen LogP contribution in [0.3, 0.4) is 0 Å². The Labute approximate surface area is 112 Å². The van der Waals surface area contributed by atoms with Crippen LogP contribution in [-0.2, 0) is 10.2 Å².